The lowest BCUT2D eigenvalue weighted by molar-refractivity contribution is 0.0771. The van der Waals surface area contributed by atoms with Crippen LogP contribution in [0.5, 0.6) is 5.75 Å². The Labute approximate surface area is 155 Å². The molecule has 0 saturated heterocycles. The highest BCUT2D eigenvalue weighted by atomic mass is 16.6. The molecule has 0 aliphatic carbocycles. The zero-order valence-corrected chi connectivity index (χ0v) is 15.1. The Bertz CT molecular complexity index is 773. The molecule has 0 radical (unpaired) electrons. The van der Waals surface area contributed by atoms with Crippen molar-refractivity contribution in [2.75, 3.05) is 0 Å². The van der Waals surface area contributed by atoms with E-state index in [1.54, 1.807) is 12.1 Å². The maximum absolute atomic E-state index is 8.82. The maximum atomic E-state index is 8.82. The first-order chi connectivity index (χ1) is 12.8. The molecule has 0 spiro atoms. The molecule has 134 valence electrons. The molecule has 2 aromatic rings. The topological polar surface area (TPSA) is 54.6 Å². The first-order valence-electron chi connectivity index (χ1n) is 9.23. The lowest BCUT2D eigenvalue weighted by Gasteiger charge is -2.08. The van der Waals surface area contributed by atoms with Crippen LogP contribution in [0.15, 0.2) is 53.7 Å². The van der Waals surface area contributed by atoms with Crippen LogP contribution in [-0.4, -0.2) is 11.8 Å². The first-order valence-corrected chi connectivity index (χ1v) is 9.23. The third-order valence-corrected chi connectivity index (χ3v) is 4.54. The summed E-state index contributed by atoms with van der Waals surface area (Å²) in [5, 5.41) is 13.1. The lowest BCUT2D eigenvalue weighted by Crippen LogP contribution is -2.08. The normalized spacial score (nSPS) is 15.8. The van der Waals surface area contributed by atoms with Crippen molar-refractivity contribution in [1.29, 1.82) is 5.26 Å². The van der Waals surface area contributed by atoms with Crippen LogP contribution in [0.4, 0.5) is 0 Å². The van der Waals surface area contributed by atoms with Crippen LogP contribution in [0.3, 0.4) is 0 Å². The molecular weight excluding hydrogens is 324 g/mol. The van der Waals surface area contributed by atoms with Crippen LogP contribution in [0.25, 0.3) is 0 Å². The summed E-state index contributed by atoms with van der Waals surface area (Å²) >= 11 is 0. The number of benzene rings is 2. The van der Waals surface area contributed by atoms with Crippen molar-refractivity contribution in [3.05, 3.63) is 65.2 Å². The van der Waals surface area contributed by atoms with Crippen molar-refractivity contribution >= 4 is 5.71 Å². The molecule has 1 atom stereocenters. The standard InChI is InChI=1S/C22H24N2O2/c1-2-3-4-5-21-14-22(24-26-21)19-10-12-20(13-11-19)25-16-18-8-6-17(15-23)7-9-18/h6-13,21H,2-5,14,16H2,1H3. The van der Waals surface area contributed by atoms with Crippen LogP contribution in [-0.2, 0) is 11.4 Å². The van der Waals surface area contributed by atoms with Crippen molar-refractivity contribution in [2.45, 2.75) is 51.7 Å². The highest BCUT2D eigenvalue weighted by Gasteiger charge is 2.21. The second kappa shape index (κ2) is 9.05. The highest BCUT2D eigenvalue weighted by Crippen LogP contribution is 2.23. The number of hydrogen-bond donors (Lipinski definition) is 0. The van der Waals surface area contributed by atoms with Crippen LogP contribution in [0.2, 0.25) is 0 Å². The molecule has 1 heterocycles. The zero-order valence-electron chi connectivity index (χ0n) is 15.1. The van der Waals surface area contributed by atoms with Crippen LogP contribution >= 0.6 is 0 Å². The van der Waals surface area contributed by atoms with Crippen LogP contribution in [0, 0.1) is 11.3 Å². The van der Waals surface area contributed by atoms with E-state index in [9.17, 15) is 0 Å². The van der Waals surface area contributed by atoms with E-state index in [1.807, 2.05) is 36.4 Å². The van der Waals surface area contributed by atoms with Gasteiger partial charge in [0.05, 0.1) is 17.3 Å². The van der Waals surface area contributed by atoms with Gasteiger partial charge in [-0.25, -0.2) is 0 Å². The quantitative estimate of drug-likeness (QED) is 0.615. The summed E-state index contributed by atoms with van der Waals surface area (Å²) < 4.78 is 5.82. The minimum absolute atomic E-state index is 0.226. The summed E-state index contributed by atoms with van der Waals surface area (Å²) in [6.45, 7) is 2.69. The van der Waals surface area contributed by atoms with Gasteiger partial charge in [0.25, 0.3) is 0 Å². The Morgan fingerprint density at radius 2 is 1.88 bits per heavy atom. The second-order valence-corrected chi connectivity index (χ2v) is 6.59. The molecule has 0 amide bonds. The summed E-state index contributed by atoms with van der Waals surface area (Å²) in [4.78, 5) is 5.55. The number of nitrogens with zero attached hydrogens (tertiary/aromatic N) is 2. The summed E-state index contributed by atoms with van der Waals surface area (Å²) in [5.41, 5.74) is 3.81. The molecule has 1 unspecified atom stereocenters. The van der Waals surface area contributed by atoms with Crippen molar-refractivity contribution < 1.29 is 9.57 Å². The molecule has 1 aliphatic heterocycles. The van der Waals surface area contributed by atoms with Gasteiger partial charge >= 0.3 is 0 Å². The van der Waals surface area contributed by atoms with Gasteiger partial charge < -0.3 is 9.57 Å². The van der Waals surface area contributed by atoms with E-state index in [4.69, 9.17) is 14.8 Å². The van der Waals surface area contributed by atoms with Gasteiger partial charge in [-0.1, -0.05) is 37.1 Å². The molecule has 0 bridgehead atoms. The Balaban J connectivity index is 1.50. The molecule has 0 aromatic heterocycles. The first kappa shape index (κ1) is 18.0. The lowest BCUT2D eigenvalue weighted by atomic mass is 10.0. The molecule has 0 saturated carbocycles. The van der Waals surface area contributed by atoms with Crippen molar-refractivity contribution in [3.8, 4) is 11.8 Å². The van der Waals surface area contributed by atoms with Crippen molar-refractivity contribution in [2.24, 2.45) is 5.16 Å². The van der Waals surface area contributed by atoms with E-state index in [-0.39, 0.29) is 6.10 Å². The Morgan fingerprint density at radius 3 is 2.58 bits per heavy atom. The van der Waals surface area contributed by atoms with E-state index in [0.29, 0.717) is 12.2 Å². The summed E-state index contributed by atoms with van der Waals surface area (Å²) in [6.07, 6.45) is 5.86. The molecule has 2 aromatic carbocycles. The molecule has 26 heavy (non-hydrogen) atoms. The van der Waals surface area contributed by atoms with Gasteiger partial charge in [0, 0.05) is 6.42 Å². The fourth-order valence-corrected chi connectivity index (χ4v) is 2.96. The van der Waals surface area contributed by atoms with Crippen LogP contribution in [0.1, 0.15) is 55.7 Å². The highest BCUT2D eigenvalue weighted by molar-refractivity contribution is 6.01. The minimum atomic E-state index is 0.226. The minimum Gasteiger partial charge on any atom is -0.489 e. The number of hydrogen-bond acceptors (Lipinski definition) is 4. The summed E-state index contributed by atoms with van der Waals surface area (Å²) in [6, 6.07) is 17.5. The smallest absolute Gasteiger partial charge is 0.133 e. The number of oxime groups is 1. The van der Waals surface area contributed by atoms with Gasteiger partial charge in [0.1, 0.15) is 18.5 Å². The summed E-state index contributed by atoms with van der Waals surface area (Å²) in [5.74, 6) is 0.817. The van der Waals surface area contributed by atoms with E-state index < -0.39 is 0 Å². The van der Waals surface area contributed by atoms with Crippen molar-refractivity contribution in [1.82, 2.24) is 0 Å². The van der Waals surface area contributed by atoms with Crippen molar-refractivity contribution in [3.63, 3.8) is 0 Å². The number of unbranched alkanes of at least 4 members (excludes halogenated alkanes) is 2. The van der Waals surface area contributed by atoms with E-state index in [0.717, 1.165) is 35.4 Å². The van der Waals surface area contributed by atoms with Gasteiger partial charge in [-0.3, -0.25) is 0 Å². The van der Waals surface area contributed by atoms with Gasteiger partial charge in [-0.2, -0.15) is 5.26 Å². The van der Waals surface area contributed by atoms with E-state index in [1.165, 1.54) is 19.3 Å². The number of nitriles is 1. The Hall–Kier alpha value is -2.80. The largest absolute Gasteiger partial charge is 0.489 e. The maximum Gasteiger partial charge on any atom is 0.133 e. The molecule has 0 N–H and O–H groups in total. The fourth-order valence-electron chi connectivity index (χ4n) is 2.96. The third kappa shape index (κ3) is 4.86. The van der Waals surface area contributed by atoms with Gasteiger partial charge in [0.15, 0.2) is 0 Å². The predicted octanol–water partition coefficient (Wildman–Crippen LogP) is 5.21. The third-order valence-electron chi connectivity index (χ3n) is 4.54. The zero-order chi connectivity index (χ0) is 18.2. The van der Waals surface area contributed by atoms with E-state index >= 15 is 0 Å². The van der Waals surface area contributed by atoms with E-state index in [2.05, 4.69) is 18.1 Å². The molecule has 4 nitrogen and oxygen atoms in total. The Morgan fingerprint density at radius 1 is 1.12 bits per heavy atom. The molecule has 0 fully saturated rings. The number of ether oxygens (including phenoxy) is 1. The van der Waals surface area contributed by atoms with Gasteiger partial charge in [-0.05, 0) is 60.4 Å². The predicted molar refractivity (Wildman–Crippen MR) is 102 cm³/mol. The molecule has 4 heteroatoms. The van der Waals surface area contributed by atoms with Gasteiger partial charge in [0.2, 0.25) is 0 Å². The fraction of sp³-hybridized carbons (Fsp3) is 0.364. The molecular formula is C22H24N2O2. The monoisotopic (exact) mass is 348 g/mol. The average molecular weight is 348 g/mol. The van der Waals surface area contributed by atoms with Gasteiger partial charge in [-0.15, -0.1) is 0 Å². The second-order valence-electron chi connectivity index (χ2n) is 6.59. The molecule has 3 rings (SSSR count). The number of rotatable bonds is 8. The Kier molecular flexibility index (Phi) is 6.27. The SMILES string of the molecule is CCCCCC1CC(c2ccc(OCc3ccc(C#N)cc3)cc2)=NO1. The summed E-state index contributed by atoms with van der Waals surface area (Å²) in [7, 11) is 0. The molecule has 1 aliphatic rings. The average Bonchev–Trinajstić information content (AvgIpc) is 3.16. The van der Waals surface area contributed by atoms with Crippen LogP contribution < -0.4 is 4.74 Å².